The molecule has 0 aliphatic heterocycles. The van der Waals surface area contributed by atoms with Gasteiger partial charge in [-0.3, -0.25) is 0 Å². The van der Waals surface area contributed by atoms with Crippen molar-refractivity contribution in [2.24, 2.45) is 17.8 Å². The van der Waals surface area contributed by atoms with Crippen molar-refractivity contribution in [3.05, 3.63) is 0 Å². The Balaban J connectivity index is 1.78. The van der Waals surface area contributed by atoms with Crippen molar-refractivity contribution in [2.45, 2.75) is 43.3 Å². The van der Waals surface area contributed by atoms with Crippen LogP contribution in [0.4, 0.5) is 0 Å². The Kier molecular flexibility index (Phi) is 3.52. The summed E-state index contributed by atoms with van der Waals surface area (Å²) >= 11 is 0. The maximum absolute atomic E-state index is 13.0. The molecule has 19 heavy (non-hydrogen) atoms. The van der Waals surface area contributed by atoms with Gasteiger partial charge in [0.1, 0.15) is 11.0 Å². The Hall–Kier alpha value is 0.340. The quantitative estimate of drug-likeness (QED) is 0.748. The minimum atomic E-state index is -2.14. The average Bonchev–Trinajstić information content (AvgIpc) is 2.23. The molecular weight excluding hydrogens is 277 g/mol. The van der Waals surface area contributed by atoms with E-state index in [1.807, 2.05) is 11.4 Å². The summed E-state index contributed by atoms with van der Waals surface area (Å²) in [5, 5.41) is 0. The summed E-state index contributed by atoms with van der Waals surface area (Å²) in [6, 6.07) is 0. The molecule has 110 valence electrons. The second-order valence-corrected chi connectivity index (χ2v) is 13.1. The molecule has 1 unspecified atom stereocenters. The zero-order chi connectivity index (χ0) is 13.8. The molecule has 1 atom stereocenters. The Bertz CT molecular complexity index is 409. The first-order valence-corrected chi connectivity index (χ1v) is 11.3. The van der Waals surface area contributed by atoms with Crippen molar-refractivity contribution >= 4 is 18.1 Å². The number of nitrogens with zero attached hydrogens (tertiary/aromatic N) is 1. The van der Waals surface area contributed by atoms with Gasteiger partial charge < -0.3 is 4.57 Å². The van der Waals surface area contributed by atoms with E-state index < -0.39 is 18.1 Å². The van der Waals surface area contributed by atoms with E-state index in [0.29, 0.717) is 6.29 Å². The van der Waals surface area contributed by atoms with E-state index in [-0.39, 0.29) is 4.75 Å². The fraction of sp³-hybridized carbons (Fsp3) is 1.00. The summed E-state index contributed by atoms with van der Waals surface area (Å²) in [5.74, 6) is 2.45. The van der Waals surface area contributed by atoms with Crippen molar-refractivity contribution < 1.29 is 8.77 Å². The molecule has 4 saturated carbocycles. The van der Waals surface area contributed by atoms with Gasteiger partial charge >= 0.3 is 0 Å². The van der Waals surface area contributed by atoms with Crippen LogP contribution in [0.3, 0.4) is 0 Å². The highest BCUT2D eigenvalue weighted by Gasteiger charge is 2.54. The lowest BCUT2D eigenvalue weighted by molar-refractivity contribution is 0.0345. The van der Waals surface area contributed by atoms with Crippen molar-refractivity contribution in [1.82, 2.24) is 4.31 Å². The minimum absolute atomic E-state index is 0.0265. The number of hydrogen-bond acceptors (Lipinski definition) is 2. The van der Waals surface area contributed by atoms with Gasteiger partial charge in [0.05, 0.1) is 18.2 Å². The highest BCUT2D eigenvalue weighted by molar-refractivity contribution is 7.84. The summed E-state index contributed by atoms with van der Waals surface area (Å²) in [5.41, 5.74) is 0. The van der Waals surface area contributed by atoms with Crippen LogP contribution in [0.15, 0.2) is 0 Å². The van der Waals surface area contributed by atoms with Gasteiger partial charge in [-0.1, -0.05) is 0 Å². The maximum atomic E-state index is 13.0. The Morgan fingerprint density at radius 3 is 1.89 bits per heavy atom. The molecule has 4 fully saturated rings. The van der Waals surface area contributed by atoms with Gasteiger partial charge in [0, 0.05) is 7.05 Å². The second kappa shape index (κ2) is 4.68. The van der Waals surface area contributed by atoms with Gasteiger partial charge in [0.2, 0.25) is 0 Å². The van der Waals surface area contributed by atoms with E-state index in [1.165, 1.54) is 19.3 Å². The molecule has 0 aromatic heterocycles. The van der Waals surface area contributed by atoms with Gasteiger partial charge in [-0.05, 0) is 69.6 Å². The van der Waals surface area contributed by atoms with Gasteiger partial charge in [-0.25, -0.2) is 8.51 Å². The molecule has 0 saturated heterocycles. The van der Waals surface area contributed by atoms with E-state index in [4.69, 9.17) is 0 Å². The lowest BCUT2D eigenvalue weighted by Gasteiger charge is -2.56. The van der Waals surface area contributed by atoms with Crippen LogP contribution in [0.2, 0.25) is 0 Å². The molecule has 0 amide bonds. The average molecular weight is 303 g/mol. The van der Waals surface area contributed by atoms with Crippen molar-refractivity contribution in [3.8, 4) is 0 Å². The van der Waals surface area contributed by atoms with Crippen LogP contribution >= 0.6 is 7.14 Å². The normalized spacial score (nSPS) is 42.8. The molecular formula is C14H26NO2PS. The predicted molar refractivity (Wildman–Crippen MR) is 81.1 cm³/mol. The van der Waals surface area contributed by atoms with Crippen LogP contribution in [0, 0.1) is 17.8 Å². The largest absolute Gasteiger partial charge is 0.323 e. The highest BCUT2D eigenvalue weighted by Crippen LogP contribution is 2.58. The molecule has 4 aliphatic rings. The lowest BCUT2D eigenvalue weighted by atomic mass is 9.56. The molecule has 0 aromatic rings. The monoisotopic (exact) mass is 303 g/mol. The summed E-state index contributed by atoms with van der Waals surface area (Å²) < 4.78 is 26.9. The van der Waals surface area contributed by atoms with Gasteiger partial charge in [0.15, 0.2) is 0 Å². The molecule has 4 rings (SSSR count). The van der Waals surface area contributed by atoms with Crippen molar-refractivity contribution in [1.29, 1.82) is 0 Å². The van der Waals surface area contributed by atoms with Crippen LogP contribution in [-0.2, 0) is 15.6 Å². The Morgan fingerprint density at radius 1 is 1.11 bits per heavy atom. The Labute approximate surface area is 119 Å². The van der Waals surface area contributed by atoms with Crippen LogP contribution < -0.4 is 0 Å². The highest BCUT2D eigenvalue weighted by atomic mass is 32.2. The second-order valence-electron chi connectivity index (χ2n) is 7.69. The molecule has 5 heteroatoms. The molecule has 4 aliphatic carbocycles. The smallest absolute Gasteiger partial charge is 0.101 e. The first-order valence-electron chi connectivity index (χ1n) is 7.44. The third-order valence-corrected chi connectivity index (χ3v) is 8.41. The first kappa shape index (κ1) is 14.3. The van der Waals surface area contributed by atoms with Crippen LogP contribution in [-0.4, -0.2) is 39.9 Å². The topological polar surface area (TPSA) is 37.4 Å². The van der Waals surface area contributed by atoms with Crippen LogP contribution in [0.1, 0.15) is 38.5 Å². The molecule has 0 spiro atoms. The number of rotatable bonds is 4. The number of hydrogen-bond donors (Lipinski definition) is 0. The summed E-state index contributed by atoms with van der Waals surface area (Å²) in [7, 11) is -1.19. The first-order chi connectivity index (χ1) is 8.77. The predicted octanol–water partition coefficient (Wildman–Crippen LogP) is 3.13. The van der Waals surface area contributed by atoms with E-state index in [9.17, 15) is 8.77 Å². The van der Waals surface area contributed by atoms with Crippen LogP contribution in [0.5, 0.6) is 0 Å². The maximum Gasteiger partial charge on any atom is 0.101 e. The van der Waals surface area contributed by atoms with Crippen molar-refractivity contribution in [2.75, 3.05) is 26.7 Å². The van der Waals surface area contributed by atoms with Crippen molar-refractivity contribution in [3.63, 3.8) is 0 Å². The standard InChI is InChI=1S/C14H26NO2PS/c1-15(10-18(2,3)16)19(17)14-7-11-4-12(8-14)6-13(5-11)9-14/h11-13H,4-10H2,1-3H3. The molecule has 3 nitrogen and oxygen atoms in total. The van der Waals surface area contributed by atoms with E-state index in [1.54, 1.807) is 13.3 Å². The zero-order valence-electron chi connectivity index (χ0n) is 12.3. The van der Waals surface area contributed by atoms with Crippen LogP contribution in [0.25, 0.3) is 0 Å². The lowest BCUT2D eigenvalue weighted by Crippen LogP contribution is -2.55. The van der Waals surface area contributed by atoms with E-state index in [2.05, 4.69) is 0 Å². The fourth-order valence-corrected chi connectivity index (χ4v) is 9.12. The van der Waals surface area contributed by atoms with E-state index >= 15 is 0 Å². The SMILES string of the molecule is CN(CP(C)(C)=O)S(=O)C12CC3CC(CC(C3)C1)C2. The fourth-order valence-electron chi connectivity index (χ4n) is 5.11. The van der Waals surface area contributed by atoms with Gasteiger partial charge in [-0.15, -0.1) is 0 Å². The third kappa shape index (κ3) is 2.73. The van der Waals surface area contributed by atoms with Gasteiger partial charge in [-0.2, -0.15) is 0 Å². The van der Waals surface area contributed by atoms with Gasteiger partial charge in [0.25, 0.3) is 0 Å². The minimum Gasteiger partial charge on any atom is -0.323 e. The summed E-state index contributed by atoms with van der Waals surface area (Å²) in [6.07, 6.45) is 8.05. The molecule has 4 bridgehead atoms. The molecule has 0 heterocycles. The molecule has 0 radical (unpaired) electrons. The molecule has 0 N–H and O–H groups in total. The third-order valence-electron chi connectivity index (χ3n) is 5.18. The summed E-state index contributed by atoms with van der Waals surface area (Å²) in [4.78, 5) is 0. The van der Waals surface area contributed by atoms with E-state index in [0.717, 1.165) is 37.0 Å². The zero-order valence-corrected chi connectivity index (χ0v) is 14.0. The Morgan fingerprint density at radius 2 is 1.53 bits per heavy atom. The molecule has 0 aromatic carbocycles. The summed E-state index contributed by atoms with van der Waals surface area (Å²) in [6.45, 7) is 3.58.